The fourth-order valence-corrected chi connectivity index (χ4v) is 2.01. The summed E-state index contributed by atoms with van der Waals surface area (Å²) in [6, 6.07) is 9.38. The van der Waals surface area contributed by atoms with E-state index in [9.17, 15) is 13.2 Å². The second-order valence-corrected chi connectivity index (χ2v) is 4.89. The van der Waals surface area contributed by atoms with Gasteiger partial charge in [0, 0.05) is 12.1 Å². The molecule has 1 atom stereocenters. The number of halogens is 4. The fourth-order valence-electron chi connectivity index (χ4n) is 1.81. The average molecular weight is 327 g/mol. The van der Waals surface area contributed by atoms with Crippen LogP contribution in [-0.2, 0) is 6.18 Å². The molecule has 0 saturated heterocycles. The number of rotatable bonds is 3. The first-order valence-corrected chi connectivity index (χ1v) is 6.59. The Hall–Kier alpha value is -2.26. The molecular weight excluding hydrogens is 317 g/mol. The van der Waals surface area contributed by atoms with Gasteiger partial charge < -0.3 is 4.74 Å². The Morgan fingerprint density at radius 2 is 1.86 bits per heavy atom. The Morgan fingerprint density at radius 1 is 1.23 bits per heavy atom. The Balaban J connectivity index is 2.17. The van der Waals surface area contributed by atoms with Crippen LogP contribution in [0.5, 0.6) is 5.75 Å². The van der Waals surface area contributed by atoms with E-state index in [0.717, 1.165) is 12.1 Å². The number of nitrogens with zero attached hydrogens (tertiary/aromatic N) is 2. The molecule has 0 N–H and O–H groups in total. The van der Waals surface area contributed by atoms with Gasteiger partial charge in [-0.15, -0.1) is 0 Å². The monoisotopic (exact) mass is 326 g/mol. The van der Waals surface area contributed by atoms with Crippen LogP contribution >= 0.6 is 11.6 Å². The lowest BCUT2D eigenvalue weighted by Gasteiger charge is -2.16. The summed E-state index contributed by atoms with van der Waals surface area (Å²) in [6.45, 7) is 1.68. The summed E-state index contributed by atoms with van der Waals surface area (Å²) in [6.07, 6.45) is -4.88. The summed E-state index contributed by atoms with van der Waals surface area (Å²) in [5, 5.41) is 8.92. The molecule has 1 heterocycles. The van der Waals surface area contributed by atoms with E-state index in [-0.39, 0.29) is 10.8 Å². The van der Waals surface area contributed by atoms with E-state index < -0.39 is 17.8 Å². The van der Waals surface area contributed by atoms with E-state index in [1.807, 2.05) is 6.07 Å². The van der Waals surface area contributed by atoms with Gasteiger partial charge in [0.05, 0.1) is 5.56 Å². The van der Waals surface area contributed by atoms with Crippen LogP contribution in [-0.4, -0.2) is 4.98 Å². The zero-order chi connectivity index (χ0) is 16.3. The third kappa shape index (κ3) is 3.89. The lowest BCUT2D eigenvalue weighted by molar-refractivity contribution is -0.137. The van der Waals surface area contributed by atoms with Gasteiger partial charge in [-0.25, -0.2) is 4.98 Å². The minimum Gasteiger partial charge on any atom is -0.486 e. The van der Waals surface area contributed by atoms with E-state index in [2.05, 4.69) is 4.98 Å². The Labute approximate surface area is 129 Å². The molecular formula is C15H10ClF3N2O. The largest absolute Gasteiger partial charge is 0.486 e. The number of pyridine rings is 1. The second-order valence-electron chi connectivity index (χ2n) is 4.50. The molecule has 1 unspecified atom stereocenters. The normalized spacial score (nSPS) is 12.5. The highest BCUT2D eigenvalue weighted by atomic mass is 35.5. The molecule has 0 spiro atoms. The molecule has 1 aromatic carbocycles. The van der Waals surface area contributed by atoms with E-state index in [1.54, 1.807) is 6.92 Å². The van der Waals surface area contributed by atoms with Gasteiger partial charge in [-0.1, -0.05) is 23.7 Å². The maximum absolute atomic E-state index is 12.5. The maximum atomic E-state index is 12.5. The van der Waals surface area contributed by atoms with Crippen molar-refractivity contribution in [3.05, 3.63) is 58.4 Å². The van der Waals surface area contributed by atoms with Gasteiger partial charge in [-0.2, -0.15) is 18.4 Å². The SMILES string of the molecule is CC(Oc1cc(Cl)nc(C#N)c1)c1ccc(C(F)(F)F)cc1. The second kappa shape index (κ2) is 6.24. The van der Waals surface area contributed by atoms with Crippen molar-refractivity contribution >= 4 is 11.6 Å². The summed E-state index contributed by atoms with van der Waals surface area (Å²) >= 11 is 5.76. The number of alkyl halides is 3. The number of nitriles is 1. The molecule has 0 bridgehead atoms. The van der Waals surface area contributed by atoms with Crippen molar-refractivity contribution in [2.24, 2.45) is 0 Å². The van der Waals surface area contributed by atoms with Crippen LogP contribution in [0.25, 0.3) is 0 Å². The molecule has 0 aliphatic rings. The molecule has 7 heteroatoms. The number of aromatic nitrogens is 1. The quantitative estimate of drug-likeness (QED) is 0.763. The Bertz CT molecular complexity index is 708. The number of ether oxygens (including phenoxy) is 1. The van der Waals surface area contributed by atoms with Crippen LogP contribution in [0, 0.1) is 11.3 Å². The minimum absolute atomic E-state index is 0.0992. The van der Waals surface area contributed by atoms with E-state index in [1.165, 1.54) is 24.3 Å². The zero-order valence-electron chi connectivity index (χ0n) is 11.4. The summed E-state index contributed by atoms with van der Waals surface area (Å²) in [4.78, 5) is 3.77. The van der Waals surface area contributed by atoms with Gasteiger partial charge in [0.1, 0.15) is 28.8 Å². The molecule has 3 nitrogen and oxygen atoms in total. The highest BCUT2D eigenvalue weighted by Gasteiger charge is 2.30. The highest BCUT2D eigenvalue weighted by Crippen LogP contribution is 2.31. The summed E-state index contributed by atoms with van der Waals surface area (Å²) in [5.74, 6) is 0.323. The van der Waals surface area contributed by atoms with E-state index >= 15 is 0 Å². The number of benzene rings is 1. The Kier molecular flexibility index (Phi) is 4.57. The topological polar surface area (TPSA) is 45.9 Å². The predicted octanol–water partition coefficient (Wildman–Crippen LogP) is 4.77. The maximum Gasteiger partial charge on any atom is 0.416 e. The lowest BCUT2D eigenvalue weighted by Crippen LogP contribution is -2.07. The van der Waals surface area contributed by atoms with Gasteiger partial charge in [0.15, 0.2) is 0 Å². The first-order valence-electron chi connectivity index (χ1n) is 6.21. The van der Waals surface area contributed by atoms with Crippen molar-refractivity contribution in [3.8, 4) is 11.8 Å². The molecule has 0 saturated carbocycles. The molecule has 114 valence electrons. The van der Waals surface area contributed by atoms with Crippen LogP contribution in [0.15, 0.2) is 36.4 Å². The number of hydrogen-bond acceptors (Lipinski definition) is 3. The zero-order valence-corrected chi connectivity index (χ0v) is 12.1. The van der Waals surface area contributed by atoms with Crippen LogP contribution in [0.3, 0.4) is 0 Å². The molecule has 0 amide bonds. The first kappa shape index (κ1) is 16.1. The van der Waals surface area contributed by atoms with Crippen molar-refractivity contribution in [1.82, 2.24) is 4.98 Å². The first-order chi connectivity index (χ1) is 10.3. The summed E-state index contributed by atoms with van der Waals surface area (Å²) in [7, 11) is 0. The molecule has 2 aromatic rings. The van der Waals surface area contributed by atoms with Crippen molar-refractivity contribution in [2.75, 3.05) is 0 Å². The summed E-state index contributed by atoms with van der Waals surface area (Å²) in [5.41, 5.74) is -0.0521. The molecule has 1 aromatic heterocycles. The van der Waals surface area contributed by atoms with Crippen molar-refractivity contribution in [2.45, 2.75) is 19.2 Å². The summed E-state index contributed by atoms with van der Waals surface area (Å²) < 4.78 is 43.1. The van der Waals surface area contributed by atoms with Crippen LogP contribution in [0.4, 0.5) is 13.2 Å². The molecule has 0 fully saturated rings. The van der Waals surface area contributed by atoms with Crippen molar-refractivity contribution in [1.29, 1.82) is 5.26 Å². The van der Waals surface area contributed by atoms with Crippen LogP contribution in [0.1, 0.15) is 29.8 Å². The third-order valence-electron chi connectivity index (χ3n) is 2.90. The molecule has 0 aliphatic carbocycles. The molecule has 0 radical (unpaired) electrons. The van der Waals surface area contributed by atoms with Gasteiger partial charge in [-0.05, 0) is 24.6 Å². The van der Waals surface area contributed by atoms with E-state index in [0.29, 0.717) is 11.3 Å². The minimum atomic E-state index is -4.37. The predicted molar refractivity (Wildman–Crippen MR) is 74.4 cm³/mol. The third-order valence-corrected chi connectivity index (χ3v) is 3.10. The molecule has 0 aliphatic heterocycles. The average Bonchev–Trinajstić information content (AvgIpc) is 2.45. The van der Waals surface area contributed by atoms with Gasteiger partial charge in [0.25, 0.3) is 0 Å². The number of hydrogen-bond donors (Lipinski definition) is 0. The van der Waals surface area contributed by atoms with Gasteiger partial charge in [-0.3, -0.25) is 0 Å². The smallest absolute Gasteiger partial charge is 0.416 e. The van der Waals surface area contributed by atoms with Crippen molar-refractivity contribution < 1.29 is 17.9 Å². The van der Waals surface area contributed by atoms with Gasteiger partial charge >= 0.3 is 6.18 Å². The molecule has 2 rings (SSSR count). The lowest BCUT2D eigenvalue weighted by atomic mass is 10.1. The highest BCUT2D eigenvalue weighted by molar-refractivity contribution is 6.29. The van der Waals surface area contributed by atoms with Crippen LogP contribution < -0.4 is 4.74 Å². The molecule has 22 heavy (non-hydrogen) atoms. The standard InChI is InChI=1S/C15H10ClF3N2O/c1-9(10-2-4-11(5-3-10)15(17,18)19)22-13-6-12(8-20)21-14(16)7-13/h2-7,9H,1H3. The van der Waals surface area contributed by atoms with Crippen LogP contribution in [0.2, 0.25) is 5.15 Å². The van der Waals surface area contributed by atoms with Crippen molar-refractivity contribution in [3.63, 3.8) is 0 Å². The van der Waals surface area contributed by atoms with E-state index in [4.69, 9.17) is 21.6 Å². The Morgan fingerprint density at radius 3 is 2.41 bits per heavy atom. The van der Waals surface area contributed by atoms with Gasteiger partial charge in [0.2, 0.25) is 0 Å². The fraction of sp³-hybridized carbons (Fsp3) is 0.200.